The van der Waals surface area contributed by atoms with Crippen LogP contribution in [0.1, 0.15) is 31.3 Å². The first-order chi connectivity index (χ1) is 13.1. The van der Waals surface area contributed by atoms with E-state index in [-0.39, 0.29) is 12.3 Å². The second-order valence-corrected chi connectivity index (χ2v) is 6.84. The third-order valence-electron chi connectivity index (χ3n) is 3.92. The molecule has 2 aromatic heterocycles. The van der Waals surface area contributed by atoms with Gasteiger partial charge in [-0.05, 0) is 31.2 Å². The Morgan fingerprint density at radius 3 is 2.67 bits per heavy atom. The molecular weight excluding hydrogens is 364 g/mol. The number of amides is 1. The fourth-order valence-electron chi connectivity index (χ4n) is 2.46. The highest BCUT2D eigenvalue weighted by Crippen LogP contribution is 2.26. The SMILES string of the molecule is CCOc1ccc(-c2nc(CC(=O)N(C)Cc3nc(CC)no3)cs2)cc1. The number of aryl methyl sites for hydroxylation is 1. The molecule has 0 N–H and O–H groups in total. The maximum atomic E-state index is 12.4. The summed E-state index contributed by atoms with van der Waals surface area (Å²) in [7, 11) is 1.72. The summed E-state index contributed by atoms with van der Waals surface area (Å²) >= 11 is 1.52. The molecule has 0 fully saturated rings. The average molecular weight is 386 g/mol. The average Bonchev–Trinajstić information content (AvgIpc) is 3.32. The van der Waals surface area contributed by atoms with Gasteiger partial charge in [0, 0.05) is 24.4 Å². The van der Waals surface area contributed by atoms with Gasteiger partial charge in [0.2, 0.25) is 11.8 Å². The molecule has 1 amide bonds. The zero-order valence-electron chi connectivity index (χ0n) is 15.6. The Morgan fingerprint density at radius 2 is 2.00 bits per heavy atom. The number of rotatable bonds is 8. The lowest BCUT2D eigenvalue weighted by atomic mass is 10.2. The van der Waals surface area contributed by atoms with E-state index in [4.69, 9.17) is 9.26 Å². The van der Waals surface area contributed by atoms with Crippen LogP contribution in [-0.4, -0.2) is 39.6 Å². The van der Waals surface area contributed by atoms with Crippen LogP contribution in [0.3, 0.4) is 0 Å². The molecule has 0 unspecified atom stereocenters. The van der Waals surface area contributed by atoms with Crippen molar-refractivity contribution >= 4 is 17.2 Å². The standard InChI is InChI=1S/C19H22N4O3S/c1-4-16-21-17(26-22-16)11-23(3)18(24)10-14-12-27-19(20-14)13-6-8-15(9-7-13)25-5-2/h6-9,12H,4-5,10-11H2,1-3H3. The molecule has 0 radical (unpaired) electrons. The van der Waals surface area contributed by atoms with Gasteiger partial charge in [0.25, 0.3) is 0 Å². The minimum Gasteiger partial charge on any atom is -0.494 e. The molecule has 0 bridgehead atoms. The van der Waals surface area contributed by atoms with Crippen molar-refractivity contribution in [3.05, 3.63) is 47.1 Å². The van der Waals surface area contributed by atoms with E-state index in [1.807, 2.05) is 43.5 Å². The molecule has 0 aliphatic carbocycles. The molecule has 0 saturated carbocycles. The van der Waals surface area contributed by atoms with Gasteiger partial charge in [-0.2, -0.15) is 4.98 Å². The van der Waals surface area contributed by atoms with Crippen molar-refractivity contribution in [3.8, 4) is 16.3 Å². The first-order valence-electron chi connectivity index (χ1n) is 8.82. The molecule has 0 atom stereocenters. The van der Waals surface area contributed by atoms with Crippen LogP contribution in [0.2, 0.25) is 0 Å². The van der Waals surface area contributed by atoms with E-state index in [1.54, 1.807) is 11.9 Å². The van der Waals surface area contributed by atoms with Gasteiger partial charge in [-0.25, -0.2) is 4.98 Å². The van der Waals surface area contributed by atoms with Crippen molar-refractivity contribution in [3.63, 3.8) is 0 Å². The smallest absolute Gasteiger partial charge is 0.246 e. The summed E-state index contributed by atoms with van der Waals surface area (Å²) in [6, 6.07) is 7.80. The Hall–Kier alpha value is -2.74. The van der Waals surface area contributed by atoms with Gasteiger partial charge >= 0.3 is 0 Å². The van der Waals surface area contributed by atoms with Crippen molar-refractivity contribution < 1.29 is 14.1 Å². The Bertz CT molecular complexity index is 889. The summed E-state index contributed by atoms with van der Waals surface area (Å²) in [5.41, 5.74) is 1.76. The van der Waals surface area contributed by atoms with E-state index in [9.17, 15) is 4.79 Å². The quantitative estimate of drug-likeness (QED) is 0.590. The number of ether oxygens (including phenoxy) is 1. The molecule has 0 saturated heterocycles. The van der Waals surface area contributed by atoms with Crippen LogP contribution in [0.15, 0.2) is 34.2 Å². The molecule has 142 valence electrons. The fourth-order valence-corrected chi connectivity index (χ4v) is 3.29. The number of hydrogen-bond donors (Lipinski definition) is 0. The number of benzene rings is 1. The molecule has 7 nitrogen and oxygen atoms in total. The second-order valence-electron chi connectivity index (χ2n) is 5.99. The first kappa shape index (κ1) is 19.0. The van der Waals surface area contributed by atoms with E-state index in [1.165, 1.54) is 11.3 Å². The Labute approximate surface area is 162 Å². The molecule has 0 aliphatic rings. The highest BCUT2D eigenvalue weighted by atomic mass is 32.1. The van der Waals surface area contributed by atoms with E-state index < -0.39 is 0 Å². The van der Waals surface area contributed by atoms with Gasteiger partial charge in [0.1, 0.15) is 10.8 Å². The van der Waals surface area contributed by atoms with Gasteiger partial charge < -0.3 is 14.2 Å². The van der Waals surface area contributed by atoms with Crippen molar-refractivity contribution in [1.29, 1.82) is 0 Å². The van der Waals surface area contributed by atoms with E-state index >= 15 is 0 Å². The monoisotopic (exact) mass is 386 g/mol. The topological polar surface area (TPSA) is 81.4 Å². The summed E-state index contributed by atoms with van der Waals surface area (Å²) in [4.78, 5) is 22.8. The lowest BCUT2D eigenvalue weighted by molar-refractivity contribution is -0.130. The summed E-state index contributed by atoms with van der Waals surface area (Å²) in [6.07, 6.45) is 0.938. The molecule has 0 aliphatic heterocycles. The summed E-state index contributed by atoms with van der Waals surface area (Å²) in [5.74, 6) is 1.87. The van der Waals surface area contributed by atoms with Crippen molar-refractivity contribution in [2.24, 2.45) is 0 Å². The number of likely N-dealkylation sites (N-methyl/N-ethyl adjacent to an activating group) is 1. The molecule has 3 rings (SSSR count). The molecule has 3 aromatic rings. The molecule has 27 heavy (non-hydrogen) atoms. The minimum atomic E-state index is -0.0465. The zero-order chi connectivity index (χ0) is 19.2. The lowest BCUT2D eigenvalue weighted by Gasteiger charge is -2.13. The minimum absolute atomic E-state index is 0.0465. The van der Waals surface area contributed by atoms with Gasteiger partial charge in [-0.1, -0.05) is 12.1 Å². The highest BCUT2D eigenvalue weighted by molar-refractivity contribution is 7.13. The third kappa shape index (κ3) is 4.91. The predicted octanol–water partition coefficient (Wildman–Crippen LogP) is 3.36. The van der Waals surface area contributed by atoms with Gasteiger partial charge in [0.05, 0.1) is 25.3 Å². The molecule has 8 heteroatoms. The zero-order valence-corrected chi connectivity index (χ0v) is 16.5. The van der Waals surface area contributed by atoms with Gasteiger partial charge in [-0.15, -0.1) is 11.3 Å². The van der Waals surface area contributed by atoms with E-state index in [2.05, 4.69) is 15.1 Å². The van der Waals surface area contributed by atoms with Crippen LogP contribution >= 0.6 is 11.3 Å². The summed E-state index contributed by atoms with van der Waals surface area (Å²) in [6.45, 7) is 4.84. The number of carbonyl (C=O) groups is 1. The van der Waals surface area contributed by atoms with Crippen LogP contribution in [0.5, 0.6) is 5.75 Å². The Balaban J connectivity index is 1.59. The Kier molecular flexibility index (Phi) is 6.18. The summed E-state index contributed by atoms with van der Waals surface area (Å²) in [5, 5.41) is 6.64. The Morgan fingerprint density at radius 1 is 1.22 bits per heavy atom. The van der Waals surface area contributed by atoms with Crippen molar-refractivity contribution in [2.45, 2.75) is 33.2 Å². The normalized spacial score (nSPS) is 10.8. The molecule has 2 heterocycles. The number of thiazole rings is 1. The van der Waals surface area contributed by atoms with Crippen LogP contribution in [0.25, 0.3) is 10.6 Å². The van der Waals surface area contributed by atoms with Crippen molar-refractivity contribution in [1.82, 2.24) is 20.0 Å². The fraction of sp³-hybridized carbons (Fsp3) is 0.368. The number of aromatic nitrogens is 3. The van der Waals surface area contributed by atoms with Crippen LogP contribution < -0.4 is 4.74 Å². The molecule has 0 spiro atoms. The molecular formula is C19H22N4O3S. The number of nitrogens with zero attached hydrogens (tertiary/aromatic N) is 4. The van der Waals surface area contributed by atoms with Crippen LogP contribution in [-0.2, 0) is 24.2 Å². The maximum Gasteiger partial charge on any atom is 0.246 e. The number of carbonyl (C=O) groups excluding carboxylic acids is 1. The van der Waals surface area contributed by atoms with E-state index in [0.717, 1.165) is 22.0 Å². The first-order valence-corrected chi connectivity index (χ1v) is 9.70. The predicted molar refractivity (Wildman–Crippen MR) is 103 cm³/mol. The van der Waals surface area contributed by atoms with Gasteiger partial charge in [-0.3, -0.25) is 4.79 Å². The largest absolute Gasteiger partial charge is 0.494 e. The second kappa shape index (κ2) is 8.77. The third-order valence-corrected chi connectivity index (χ3v) is 4.86. The molecule has 1 aromatic carbocycles. The lowest BCUT2D eigenvalue weighted by Crippen LogP contribution is -2.28. The van der Waals surface area contributed by atoms with Gasteiger partial charge in [0.15, 0.2) is 5.82 Å². The maximum absolute atomic E-state index is 12.4. The van der Waals surface area contributed by atoms with Crippen molar-refractivity contribution in [2.75, 3.05) is 13.7 Å². The van der Waals surface area contributed by atoms with Crippen LogP contribution in [0, 0.1) is 0 Å². The summed E-state index contributed by atoms with van der Waals surface area (Å²) < 4.78 is 10.6. The highest BCUT2D eigenvalue weighted by Gasteiger charge is 2.16. The van der Waals surface area contributed by atoms with E-state index in [0.29, 0.717) is 31.3 Å². The number of hydrogen-bond acceptors (Lipinski definition) is 7. The van der Waals surface area contributed by atoms with Crippen LogP contribution in [0.4, 0.5) is 0 Å².